The van der Waals surface area contributed by atoms with Crippen molar-refractivity contribution in [3.05, 3.63) is 34.4 Å². The van der Waals surface area contributed by atoms with Crippen molar-refractivity contribution < 1.29 is 19.4 Å². The fourth-order valence-corrected chi connectivity index (χ4v) is 4.53. The summed E-state index contributed by atoms with van der Waals surface area (Å²) in [6.07, 6.45) is 12.2. The molecule has 0 saturated heterocycles. The molecule has 180 valence electrons. The maximum atomic E-state index is 10.8. The highest BCUT2D eigenvalue weighted by molar-refractivity contribution is 5.66. The zero-order chi connectivity index (χ0) is 23.9. The third-order valence-corrected chi connectivity index (χ3v) is 6.79. The van der Waals surface area contributed by atoms with Crippen LogP contribution >= 0.6 is 0 Å². The number of hydrogen-bond acceptors (Lipinski definition) is 3. The second-order valence-corrected chi connectivity index (χ2v) is 10.3. The summed E-state index contributed by atoms with van der Waals surface area (Å²) in [4.78, 5) is 10.8. The van der Waals surface area contributed by atoms with Gasteiger partial charge in [0.25, 0.3) is 0 Å². The van der Waals surface area contributed by atoms with Crippen molar-refractivity contribution in [3.8, 4) is 11.5 Å². The number of ether oxygens (including phenoxy) is 2. The van der Waals surface area contributed by atoms with Gasteiger partial charge in [-0.1, -0.05) is 46.1 Å². The predicted molar refractivity (Wildman–Crippen MR) is 132 cm³/mol. The first kappa shape index (κ1) is 26.3. The predicted octanol–water partition coefficient (Wildman–Crippen LogP) is 7.35. The fourth-order valence-electron chi connectivity index (χ4n) is 4.53. The van der Waals surface area contributed by atoms with E-state index in [1.54, 1.807) is 0 Å². The summed E-state index contributed by atoms with van der Waals surface area (Å²) < 4.78 is 12.6. The number of carbonyl (C=O) groups is 1. The van der Waals surface area contributed by atoms with Crippen LogP contribution in [0.25, 0.3) is 0 Å². The number of hydrogen-bond donors (Lipinski definition) is 1. The quantitative estimate of drug-likeness (QED) is 0.270. The minimum Gasteiger partial charge on any atom is -0.493 e. The van der Waals surface area contributed by atoms with Crippen molar-refractivity contribution in [3.63, 3.8) is 0 Å². The Balaban J connectivity index is 2.05. The van der Waals surface area contributed by atoms with E-state index in [4.69, 9.17) is 14.6 Å². The lowest BCUT2D eigenvalue weighted by Crippen LogP contribution is -2.35. The Kier molecular flexibility index (Phi) is 9.66. The summed E-state index contributed by atoms with van der Waals surface area (Å²) in [5.74, 6) is 2.61. The van der Waals surface area contributed by atoms with Gasteiger partial charge in [-0.3, -0.25) is 4.79 Å². The first-order chi connectivity index (χ1) is 15.0. The average molecular weight is 445 g/mol. The van der Waals surface area contributed by atoms with Gasteiger partial charge in [-0.05, 0) is 88.0 Å². The molecule has 1 aliphatic rings. The van der Waals surface area contributed by atoms with E-state index >= 15 is 0 Å². The van der Waals surface area contributed by atoms with Gasteiger partial charge < -0.3 is 14.6 Å². The van der Waals surface area contributed by atoms with Gasteiger partial charge in [-0.25, -0.2) is 0 Å². The molecule has 32 heavy (non-hydrogen) atoms. The van der Waals surface area contributed by atoms with E-state index in [0.717, 1.165) is 53.4 Å². The number of aliphatic carboxylic acids is 1. The third kappa shape index (κ3) is 7.28. The minimum absolute atomic E-state index is 0.131. The number of carboxylic acids is 1. The van der Waals surface area contributed by atoms with Crippen LogP contribution in [0.5, 0.6) is 11.5 Å². The van der Waals surface area contributed by atoms with Crippen LogP contribution in [0.2, 0.25) is 0 Å². The summed E-state index contributed by atoms with van der Waals surface area (Å²) in [6.45, 7) is 15.8. The largest absolute Gasteiger partial charge is 0.493 e. The molecule has 0 amide bonds. The molecule has 0 radical (unpaired) electrons. The molecule has 1 aromatic rings. The lowest BCUT2D eigenvalue weighted by Gasteiger charge is -2.36. The smallest absolute Gasteiger partial charge is 0.303 e. The Morgan fingerprint density at radius 3 is 2.50 bits per heavy atom. The minimum atomic E-state index is -0.783. The average Bonchev–Trinajstić information content (AvgIpc) is 2.71. The van der Waals surface area contributed by atoms with E-state index in [0.29, 0.717) is 18.9 Å². The molecule has 0 bridgehead atoms. The molecule has 0 aromatic heterocycles. The number of carboxylic acid groups (broad SMARTS) is 1. The van der Waals surface area contributed by atoms with Gasteiger partial charge in [0.05, 0.1) is 6.61 Å². The van der Waals surface area contributed by atoms with Gasteiger partial charge in [0.2, 0.25) is 0 Å². The second kappa shape index (κ2) is 11.8. The Morgan fingerprint density at radius 1 is 1.12 bits per heavy atom. The SMILES string of the molecule is Cc1c(C)c2c(c(C)c1OCCCC(=O)O)CC[C@](C)(/C=C/CC(C)CCCC(C)C)O2. The number of allylic oxidation sites excluding steroid dienone is 1. The van der Waals surface area contributed by atoms with E-state index < -0.39 is 5.97 Å². The van der Waals surface area contributed by atoms with Gasteiger partial charge in [0, 0.05) is 12.0 Å². The van der Waals surface area contributed by atoms with Crippen molar-refractivity contribution in [2.75, 3.05) is 6.61 Å². The number of benzene rings is 1. The van der Waals surface area contributed by atoms with Crippen molar-refractivity contribution in [1.29, 1.82) is 0 Å². The molecule has 1 aliphatic heterocycles. The van der Waals surface area contributed by atoms with E-state index in [2.05, 4.69) is 60.6 Å². The Bertz CT molecular complexity index is 808. The lowest BCUT2D eigenvalue weighted by atomic mass is 9.86. The normalized spacial score (nSPS) is 19.1. The molecule has 1 unspecified atom stereocenters. The lowest BCUT2D eigenvalue weighted by molar-refractivity contribution is -0.137. The Hall–Kier alpha value is -1.97. The molecular weight excluding hydrogens is 400 g/mol. The van der Waals surface area contributed by atoms with Crippen LogP contribution in [0.1, 0.15) is 94.9 Å². The summed E-state index contributed by atoms with van der Waals surface area (Å²) in [7, 11) is 0. The molecule has 2 rings (SSSR count). The van der Waals surface area contributed by atoms with E-state index in [-0.39, 0.29) is 12.0 Å². The van der Waals surface area contributed by atoms with Crippen molar-refractivity contribution in [2.24, 2.45) is 11.8 Å². The fraction of sp³-hybridized carbons (Fsp3) is 0.679. The third-order valence-electron chi connectivity index (χ3n) is 6.79. The standard InChI is InChI=1S/C28H44O4/c1-19(2)11-8-12-20(3)13-9-16-28(7)17-15-24-23(6)26(31-18-10-14-25(29)30)21(4)22(5)27(24)32-28/h9,16,19-20H,8,10-15,17-18H2,1-7H3,(H,29,30)/b16-9+/t20?,28-/m0/s1. The monoisotopic (exact) mass is 444 g/mol. The summed E-state index contributed by atoms with van der Waals surface area (Å²) in [5.41, 5.74) is 4.29. The molecule has 1 heterocycles. The molecule has 4 heteroatoms. The van der Waals surface area contributed by atoms with Crippen LogP contribution in [0.15, 0.2) is 12.2 Å². The van der Waals surface area contributed by atoms with E-state index in [1.165, 1.54) is 24.8 Å². The highest BCUT2D eigenvalue weighted by atomic mass is 16.5. The van der Waals surface area contributed by atoms with Crippen LogP contribution in [0.4, 0.5) is 0 Å². The van der Waals surface area contributed by atoms with Crippen LogP contribution in [0, 0.1) is 32.6 Å². The molecule has 0 fully saturated rings. The van der Waals surface area contributed by atoms with Crippen LogP contribution in [-0.4, -0.2) is 23.3 Å². The maximum absolute atomic E-state index is 10.8. The highest BCUT2D eigenvalue weighted by Gasteiger charge is 2.32. The van der Waals surface area contributed by atoms with Crippen LogP contribution in [0.3, 0.4) is 0 Å². The Labute approximate surface area is 195 Å². The summed E-state index contributed by atoms with van der Waals surface area (Å²) in [6, 6.07) is 0. The zero-order valence-electron chi connectivity index (χ0n) is 21.3. The summed E-state index contributed by atoms with van der Waals surface area (Å²) in [5, 5.41) is 8.84. The molecule has 0 spiro atoms. The molecular formula is C28H44O4. The molecule has 0 aliphatic carbocycles. The van der Waals surface area contributed by atoms with Gasteiger partial charge in [-0.2, -0.15) is 0 Å². The number of fused-ring (bicyclic) bond motifs is 1. The number of rotatable bonds is 12. The first-order valence-corrected chi connectivity index (χ1v) is 12.4. The van der Waals surface area contributed by atoms with Gasteiger partial charge in [0.15, 0.2) is 0 Å². The van der Waals surface area contributed by atoms with E-state index in [1.807, 2.05) is 0 Å². The van der Waals surface area contributed by atoms with Crippen LogP contribution in [-0.2, 0) is 11.2 Å². The topological polar surface area (TPSA) is 55.8 Å². The Morgan fingerprint density at radius 2 is 1.84 bits per heavy atom. The molecule has 1 N–H and O–H groups in total. The molecule has 4 nitrogen and oxygen atoms in total. The molecule has 0 saturated carbocycles. The van der Waals surface area contributed by atoms with Gasteiger partial charge >= 0.3 is 5.97 Å². The van der Waals surface area contributed by atoms with Gasteiger partial charge in [-0.15, -0.1) is 0 Å². The van der Waals surface area contributed by atoms with E-state index in [9.17, 15) is 4.79 Å². The highest BCUT2D eigenvalue weighted by Crippen LogP contribution is 2.44. The van der Waals surface area contributed by atoms with Crippen molar-refractivity contribution in [2.45, 2.75) is 105 Å². The zero-order valence-corrected chi connectivity index (χ0v) is 21.3. The first-order valence-electron chi connectivity index (χ1n) is 12.4. The summed E-state index contributed by atoms with van der Waals surface area (Å²) >= 11 is 0. The van der Waals surface area contributed by atoms with Crippen molar-refractivity contribution >= 4 is 5.97 Å². The molecule has 2 atom stereocenters. The maximum Gasteiger partial charge on any atom is 0.303 e. The van der Waals surface area contributed by atoms with Crippen LogP contribution < -0.4 is 9.47 Å². The van der Waals surface area contributed by atoms with Crippen molar-refractivity contribution in [1.82, 2.24) is 0 Å². The molecule has 1 aromatic carbocycles. The van der Waals surface area contributed by atoms with Gasteiger partial charge in [0.1, 0.15) is 17.1 Å². The second-order valence-electron chi connectivity index (χ2n) is 10.3.